The summed E-state index contributed by atoms with van der Waals surface area (Å²) >= 11 is 0. The van der Waals surface area contributed by atoms with Crippen molar-refractivity contribution in [1.29, 1.82) is 0 Å². The molecule has 3 N–H and O–H groups in total. The second-order valence-electron chi connectivity index (χ2n) is 11.9. The van der Waals surface area contributed by atoms with Gasteiger partial charge in [0.15, 0.2) is 0 Å². The Morgan fingerprint density at radius 2 is 1.52 bits per heavy atom. The maximum absolute atomic E-state index is 12.7. The fourth-order valence-electron chi connectivity index (χ4n) is 4.92. The molecule has 5 amide bonds. The monoisotopic (exact) mass is 712 g/mol. The lowest BCUT2D eigenvalue weighted by Crippen LogP contribution is -2.50. The van der Waals surface area contributed by atoms with E-state index < -0.39 is 33.4 Å². The topological polar surface area (TPSA) is 211 Å². The first-order valence-electron chi connectivity index (χ1n) is 16.3. The number of nitrogens with one attached hydrogen (secondary N) is 3. The van der Waals surface area contributed by atoms with Gasteiger partial charge >= 0.3 is 0 Å². The average molecular weight is 713 g/mol. The summed E-state index contributed by atoms with van der Waals surface area (Å²) in [5.41, 5.74) is 3.16. The van der Waals surface area contributed by atoms with Gasteiger partial charge in [0.1, 0.15) is 21.7 Å². The molecule has 0 radical (unpaired) electrons. The Kier molecular flexibility index (Phi) is 15.8. The highest BCUT2D eigenvalue weighted by molar-refractivity contribution is 7.90. The summed E-state index contributed by atoms with van der Waals surface area (Å²) in [6, 6.07) is 6.03. The van der Waals surface area contributed by atoms with Crippen molar-refractivity contribution in [3.63, 3.8) is 0 Å². The highest BCUT2D eigenvalue weighted by Crippen LogP contribution is 2.17. The van der Waals surface area contributed by atoms with E-state index in [1.165, 1.54) is 12.2 Å². The zero-order valence-corrected chi connectivity index (χ0v) is 29.1. The van der Waals surface area contributed by atoms with Crippen molar-refractivity contribution in [2.45, 2.75) is 57.9 Å². The molecule has 2 aromatic heterocycles. The van der Waals surface area contributed by atoms with Gasteiger partial charge in [-0.25, -0.2) is 8.42 Å². The summed E-state index contributed by atoms with van der Waals surface area (Å²) < 4.78 is 29.2. The molecular weight excluding hydrogens is 668 g/mol. The van der Waals surface area contributed by atoms with Gasteiger partial charge in [0, 0.05) is 69.6 Å². The SMILES string of the molecule is Cc1ccnc(-c2cc(CC(=O)CCCC(=O)NC(CS(C)(=O)=O)C(=O)NCCCCC(=O)NCCOCCN3C(=O)C=CC3=O)ccn2)c1. The number of imide groups is 1. The molecule has 0 spiro atoms. The van der Waals surface area contributed by atoms with Crippen LogP contribution in [-0.2, 0) is 49.8 Å². The van der Waals surface area contributed by atoms with Crippen LogP contribution >= 0.6 is 0 Å². The van der Waals surface area contributed by atoms with Gasteiger partial charge in [-0.05, 0) is 61.6 Å². The van der Waals surface area contributed by atoms with Crippen molar-refractivity contribution in [2.24, 2.45) is 0 Å². The third-order valence-electron chi connectivity index (χ3n) is 7.44. The van der Waals surface area contributed by atoms with Crippen molar-refractivity contribution in [3.8, 4) is 11.4 Å². The number of amides is 5. The fraction of sp³-hybridized carbons (Fsp3) is 0.471. The summed E-state index contributed by atoms with van der Waals surface area (Å²) in [4.78, 5) is 82.7. The normalized spacial score (nSPS) is 13.3. The summed E-state index contributed by atoms with van der Waals surface area (Å²) in [6.45, 7) is 2.84. The highest BCUT2D eigenvalue weighted by Gasteiger charge is 2.25. The zero-order valence-electron chi connectivity index (χ0n) is 28.3. The predicted molar refractivity (Wildman–Crippen MR) is 183 cm³/mol. The van der Waals surface area contributed by atoms with Crippen molar-refractivity contribution in [2.75, 3.05) is 44.9 Å². The number of ether oxygens (including phenoxy) is 1. The number of hydrogen-bond donors (Lipinski definition) is 3. The third-order valence-corrected chi connectivity index (χ3v) is 8.38. The minimum Gasteiger partial charge on any atom is -0.378 e. The van der Waals surface area contributed by atoms with Crippen molar-refractivity contribution < 1.29 is 41.9 Å². The van der Waals surface area contributed by atoms with E-state index >= 15 is 0 Å². The molecule has 0 aromatic carbocycles. The van der Waals surface area contributed by atoms with Crippen molar-refractivity contribution in [1.82, 2.24) is 30.8 Å². The lowest BCUT2D eigenvalue weighted by atomic mass is 10.0. The van der Waals surface area contributed by atoms with E-state index in [0.29, 0.717) is 24.2 Å². The number of sulfone groups is 1. The summed E-state index contributed by atoms with van der Waals surface area (Å²) in [5, 5.41) is 7.77. The highest BCUT2D eigenvalue weighted by atomic mass is 32.2. The van der Waals surface area contributed by atoms with Crippen LogP contribution < -0.4 is 16.0 Å². The Morgan fingerprint density at radius 3 is 2.22 bits per heavy atom. The number of ketones is 1. The number of Topliss-reactive ketones (excluding diaryl/α,β-unsaturated/α-hetero) is 1. The first-order chi connectivity index (χ1) is 23.8. The van der Waals surface area contributed by atoms with Gasteiger partial charge in [0.05, 0.1) is 36.9 Å². The molecule has 2 aromatic rings. The summed E-state index contributed by atoms with van der Waals surface area (Å²) in [6.07, 6.45) is 8.17. The number of aryl methyl sites for hydroxylation is 1. The molecule has 1 atom stereocenters. The molecule has 3 heterocycles. The quantitative estimate of drug-likeness (QED) is 0.114. The van der Waals surface area contributed by atoms with E-state index in [0.717, 1.165) is 22.3 Å². The largest absolute Gasteiger partial charge is 0.378 e. The van der Waals surface area contributed by atoms with Gasteiger partial charge in [-0.15, -0.1) is 0 Å². The van der Waals surface area contributed by atoms with E-state index in [4.69, 9.17) is 4.74 Å². The number of nitrogens with zero attached hydrogens (tertiary/aromatic N) is 3. The predicted octanol–water partition coefficient (Wildman–Crippen LogP) is 0.608. The fourth-order valence-corrected chi connectivity index (χ4v) is 5.76. The van der Waals surface area contributed by atoms with E-state index in [1.54, 1.807) is 24.5 Å². The van der Waals surface area contributed by atoms with Crippen LogP contribution in [0.3, 0.4) is 0 Å². The van der Waals surface area contributed by atoms with Crippen LogP contribution in [0, 0.1) is 6.92 Å². The molecule has 0 bridgehead atoms. The van der Waals surface area contributed by atoms with Gasteiger partial charge in [-0.1, -0.05) is 0 Å². The number of aromatic nitrogens is 2. The Labute approximate surface area is 291 Å². The number of carbonyl (C=O) groups excluding carboxylic acids is 6. The summed E-state index contributed by atoms with van der Waals surface area (Å²) in [5.74, 6) is -2.87. The Balaban J connectivity index is 1.30. The Bertz CT molecular complexity index is 1660. The zero-order chi connectivity index (χ0) is 36.5. The minimum absolute atomic E-state index is 0.0660. The number of hydrogen-bond acceptors (Lipinski definition) is 11. The van der Waals surface area contributed by atoms with E-state index in [9.17, 15) is 37.2 Å². The molecule has 1 unspecified atom stereocenters. The molecule has 15 nitrogen and oxygen atoms in total. The molecule has 1 aliphatic heterocycles. The molecule has 0 aliphatic carbocycles. The van der Waals surface area contributed by atoms with Crippen LogP contribution in [0.1, 0.15) is 49.7 Å². The van der Waals surface area contributed by atoms with Gasteiger partial charge in [-0.3, -0.25) is 43.6 Å². The number of pyridine rings is 2. The number of carbonyl (C=O) groups is 6. The molecule has 0 saturated carbocycles. The molecule has 1 aliphatic rings. The summed E-state index contributed by atoms with van der Waals surface area (Å²) in [7, 11) is -3.62. The molecular formula is C34H44N6O9S. The number of rotatable bonds is 22. The van der Waals surface area contributed by atoms with Crippen LogP contribution in [0.15, 0.2) is 48.8 Å². The first-order valence-corrected chi connectivity index (χ1v) is 18.4. The van der Waals surface area contributed by atoms with Gasteiger partial charge in [0.25, 0.3) is 11.8 Å². The average Bonchev–Trinajstić information content (AvgIpc) is 3.37. The second kappa shape index (κ2) is 20.0. The third kappa shape index (κ3) is 14.7. The van der Waals surface area contributed by atoms with Crippen LogP contribution in [0.25, 0.3) is 11.4 Å². The standard InChI is InChI=1S/C34H44N6O9S/c1-24-11-14-35-27(20-24)28-22-25(12-15-36-28)21-26(41)6-5-8-31(43)39-29(23-50(2,47)48)34(46)38-13-4-3-7-30(42)37-16-18-49-19-17-40-32(44)9-10-33(40)45/h9-12,14-15,20,22,29H,3-8,13,16-19,21,23H2,1-2H3,(H,37,42)(H,38,46)(H,39,43). The van der Waals surface area contributed by atoms with Crippen molar-refractivity contribution in [3.05, 3.63) is 59.9 Å². The smallest absolute Gasteiger partial charge is 0.253 e. The molecule has 270 valence electrons. The second-order valence-corrected chi connectivity index (χ2v) is 14.1. The maximum Gasteiger partial charge on any atom is 0.253 e. The Hall–Kier alpha value is -4.83. The molecule has 0 saturated heterocycles. The van der Waals surface area contributed by atoms with Crippen LogP contribution in [0.5, 0.6) is 0 Å². The van der Waals surface area contributed by atoms with Gasteiger partial charge in [0.2, 0.25) is 17.7 Å². The number of unbranched alkanes of at least 4 members (excludes halogenated alkanes) is 1. The lowest BCUT2D eigenvalue weighted by Gasteiger charge is -2.18. The van der Waals surface area contributed by atoms with Crippen molar-refractivity contribution >= 4 is 45.2 Å². The first kappa shape index (κ1) is 39.6. The van der Waals surface area contributed by atoms with E-state index in [2.05, 4.69) is 25.9 Å². The van der Waals surface area contributed by atoms with E-state index in [1.807, 2.05) is 19.1 Å². The molecule has 50 heavy (non-hydrogen) atoms. The van der Waals surface area contributed by atoms with Crippen LogP contribution in [-0.4, -0.2) is 110 Å². The van der Waals surface area contributed by atoms with Crippen LogP contribution in [0.4, 0.5) is 0 Å². The van der Waals surface area contributed by atoms with Crippen LogP contribution in [0.2, 0.25) is 0 Å². The lowest BCUT2D eigenvalue weighted by molar-refractivity contribution is -0.137. The molecule has 16 heteroatoms. The van der Waals surface area contributed by atoms with E-state index in [-0.39, 0.29) is 88.5 Å². The van der Waals surface area contributed by atoms with Gasteiger partial charge in [-0.2, -0.15) is 0 Å². The minimum atomic E-state index is -3.62. The maximum atomic E-state index is 12.7. The molecule has 3 rings (SSSR count). The Morgan fingerprint density at radius 1 is 0.840 bits per heavy atom. The molecule has 0 fully saturated rings. The van der Waals surface area contributed by atoms with Gasteiger partial charge < -0.3 is 20.7 Å².